The van der Waals surface area contributed by atoms with Gasteiger partial charge in [-0.15, -0.1) is 0 Å². The van der Waals surface area contributed by atoms with E-state index in [-0.39, 0.29) is 0 Å². The zero-order valence-corrected chi connectivity index (χ0v) is 5.73. The van der Waals surface area contributed by atoms with Crippen molar-refractivity contribution in [1.82, 2.24) is 10.7 Å². The number of amides is 2. The number of primary amides is 1. The van der Waals surface area contributed by atoms with E-state index in [1.807, 2.05) is 0 Å². The highest BCUT2D eigenvalue weighted by atomic mass is 19.3. The van der Waals surface area contributed by atoms with Crippen molar-refractivity contribution in [2.24, 2.45) is 11.6 Å². The standard InChI is InChI=1S/C4H10F2N4O/c5-4(6,2-10-8)1-9-3(7)11/h10H,1-2,8H2,(H3,7,9,11). The van der Waals surface area contributed by atoms with Crippen LogP contribution in [0.2, 0.25) is 0 Å². The molecule has 66 valence electrons. The zero-order chi connectivity index (χ0) is 8.91. The molecule has 0 aliphatic carbocycles. The first-order chi connectivity index (χ1) is 4.98. The summed E-state index contributed by atoms with van der Waals surface area (Å²) < 4.78 is 24.7. The van der Waals surface area contributed by atoms with Crippen LogP contribution in [-0.4, -0.2) is 25.0 Å². The molecule has 0 bridgehead atoms. The van der Waals surface area contributed by atoms with Crippen LogP contribution in [0.3, 0.4) is 0 Å². The predicted octanol–water partition coefficient (Wildman–Crippen LogP) is -1.25. The second-order valence-electron chi connectivity index (χ2n) is 1.95. The zero-order valence-electron chi connectivity index (χ0n) is 5.73. The van der Waals surface area contributed by atoms with Gasteiger partial charge in [-0.25, -0.2) is 13.6 Å². The fraction of sp³-hybridized carbons (Fsp3) is 0.750. The number of hydrogen-bond donors (Lipinski definition) is 4. The Kier molecular flexibility index (Phi) is 3.69. The molecule has 0 saturated carbocycles. The van der Waals surface area contributed by atoms with Gasteiger partial charge in [0.1, 0.15) is 0 Å². The summed E-state index contributed by atoms with van der Waals surface area (Å²) in [6.45, 7) is -1.51. The minimum absolute atomic E-state index is 0.701. The van der Waals surface area contributed by atoms with E-state index in [2.05, 4.69) is 11.6 Å². The van der Waals surface area contributed by atoms with Crippen LogP contribution >= 0.6 is 0 Å². The Morgan fingerprint density at radius 3 is 2.36 bits per heavy atom. The number of halogens is 2. The smallest absolute Gasteiger partial charge is 0.312 e. The lowest BCUT2D eigenvalue weighted by molar-refractivity contribution is 0.00610. The average molecular weight is 168 g/mol. The maximum absolute atomic E-state index is 12.4. The van der Waals surface area contributed by atoms with Crippen molar-refractivity contribution in [1.29, 1.82) is 0 Å². The molecule has 0 aliphatic heterocycles. The molecular formula is C4H10F2N4O. The molecule has 6 N–H and O–H groups in total. The van der Waals surface area contributed by atoms with Crippen molar-refractivity contribution in [2.45, 2.75) is 5.92 Å². The summed E-state index contributed by atoms with van der Waals surface area (Å²) in [6.07, 6.45) is 0. The van der Waals surface area contributed by atoms with Crippen LogP contribution < -0.4 is 22.3 Å². The van der Waals surface area contributed by atoms with E-state index in [0.29, 0.717) is 0 Å². The third-order valence-electron chi connectivity index (χ3n) is 0.882. The Hall–Kier alpha value is -0.950. The number of hydrogen-bond acceptors (Lipinski definition) is 3. The van der Waals surface area contributed by atoms with Gasteiger partial charge in [-0.2, -0.15) is 0 Å². The number of hydrazine groups is 1. The summed E-state index contributed by atoms with van der Waals surface area (Å²) in [5.41, 5.74) is 6.35. The number of carbonyl (C=O) groups is 1. The summed E-state index contributed by atoms with van der Waals surface area (Å²) >= 11 is 0. The van der Waals surface area contributed by atoms with Gasteiger partial charge in [0.05, 0.1) is 13.1 Å². The SMILES string of the molecule is NNCC(F)(F)CNC(N)=O. The van der Waals surface area contributed by atoms with Crippen molar-refractivity contribution in [3.8, 4) is 0 Å². The van der Waals surface area contributed by atoms with Gasteiger partial charge in [0, 0.05) is 0 Å². The Morgan fingerprint density at radius 2 is 2.00 bits per heavy atom. The van der Waals surface area contributed by atoms with Gasteiger partial charge in [-0.05, 0) is 0 Å². The number of urea groups is 1. The predicted molar refractivity (Wildman–Crippen MR) is 34.7 cm³/mol. The fourth-order valence-corrected chi connectivity index (χ4v) is 0.428. The molecule has 0 aromatic rings. The molecule has 0 saturated heterocycles. The summed E-state index contributed by atoms with van der Waals surface area (Å²) in [5, 5.41) is 1.76. The van der Waals surface area contributed by atoms with Crippen molar-refractivity contribution < 1.29 is 13.6 Å². The summed E-state index contributed by atoms with van der Waals surface area (Å²) in [4.78, 5) is 9.98. The van der Waals surface area contributed by atoms with Gasteiger partial charge in [0.15, 0.2) is 0 Å². The van der Waals surface area contributed by atoms with Crippen molar-refractivity contribution in [3.63, 3.8) is 0 Å². The highest BCUT2D eigenvalue weighted by Crippen LogP contribution is 2.08. The normalized spacial score (nSPS) is 11.2. The molecule has 0 atom stereocenters. The van der Waals surface area contributed by atoms with Gasteiger partial charge < -0.3 is 11.1 Å². The molecule has 0 aromatic carbocycles. The van der Waals surface area contributed by atoms with Gasteiger partial charge in [0.25, 0.3) is 5.92 Å². The largest absolute Gasteiger partial charge is 0.352 e. The van der Waals surface area contributed by atoms with Crippen molar-refractivity contribution >= 4 is 6.03 Å². The van der Waals surface area contributed by atoms with Crippen LogP contribution in [0.4, 0.5) is 13.6 Å². The van der Waals surface area contributed by atoms with Gasteiger partial charge in [0.2, 0.25) is 0 Å². The first-order valence-corrected chi connectivity index (χ1v) is 2.82. The van der Waals surface area contributed by atoms with E-state index in [9.17, 15) is 13.6 Å². The second-order valence-corrected chi connectivity index (χ2v) is 1.95. The lowest BCUT2D eigenvalue weighted by Gasteiger charge is -2.14. The molecule has 11 heavy (non-hydrogen) atoms. The van der Waals surface area contributed by atoms with E-state index < -0.39 is 25.0 Å². The van der Waals surface area contributed by atoms with Crippen LogP contribution in [0.15, 0.2) is 0 Å². The molecule has 0 fully saturated rings. The van der Waals surface area contributed by atoms with E-state index in [4.69, 9.17) is 0 Å². The molecule has 0 aliphatic rings. The Morgan fingerprint density at radius 1 is 1.45 bits per heavy atom. The average Bonchev–Trinajstić information content (AvgIpc) is 1.84. The van der Waals surface area contributed by atoms with Gasteiger partial charge in [-0.1, -0.05) is 0 Å². The monoisotopic (exact) mass is 168 g/mol. The lowest BCUT2D eigenvalue weighted by atomic mass is 10.3. The number of nitrogens with one attached hydrogen (secondary N) is 2. The molecule has 2 amide bonds. The minimum Gasteiger partial charge on any atom is -0.352 e. The van der Waals surface area contributed by atoms with Crippen LogP contribution in [-0.2, 0) is 0 Å². The van der Waals surface area contributed by atoms with Crippen molar-refractivity contribution in [3.05, 3.63) is 0 Å². The molecule has 0 spiro atoms. The van der Waals surface area contributed by atoms with Crippen molar-refractivity contribution in [2.75, 3.05) is 13.1 Å². The highest BCUT2D eigenvalue weighted by molar-refractivity contribution is 5.71. The van der Waals surface area contributed by atoms with E-state index in [1.54, 1.807) is 10.7 Å². The van der Waals surface area contributed by atoms with Crippen LogP contribution in [0, 0.1) is 0 Å². The summed E-state index contributed by atoms with van der Waals surface area (Å²) in [6, 6.07) is -0.985. The number of rotatable bonds is 4. The molecule has 0 unspecified atom stereocenters. The van der Waals surface area contributed by atoms with E-state index in [1.165, 1.54) is 0 Å². The number of nitrogens with two attached hydrogens (primary N) is 2. The summed E-state index contributed by atoms with van der Waals surface area (Å²) in [5.74, 6) is 1.58. The molecule has 0 rings (SSSR count). The van der Waals surface area contributed by atoms with Crippen LogP contribution in [0.5, 0.6) is 0 Å². The van der Waals surface area contributed by atoms with Gasteiger partial charge >= 0.3 is 6.03 Å². The maximum Gasteiger partial charge on any atom is 0.312 e. The quantitative estimate of drug-likeness (QED) is 0.312. The molecule has 0 radical (unpaired) electrons. The minimum atomic E-state index is -3.07. The van der Waals surface area contributed by atoms with Gasteiger partial charge in [-0.3, -0.25) is 11.3 Å². The third-order valence-corrected chi connectivity index (χ3v) is 0.882. The Balaban J connectivity index is 3.63. The molecule has 7 heteroatoms. The molecule has 5 nitrogen and oxygen atoms in total. The van der Waals surface area contributed by atoms with Crippen LogP contribution in [0.25, 0.3) is 0 Å². The van der Waals surface area contributed by atoms with E-state index in [0.717, 1.165) is 0 Å². The Bertz CT molecular complexity index is 140. The molecule has 0 aromatic heterocycles. The maximum atomic E-state index is 12.4. The second kappa shape index (κ2) is 4.04. The van der Waals surface area contributed by atoms with Crippen LogP contribution in [0.1, 0.15) is 0 Å². The third kappa shape index (κ3) is 5.49. The topological polar surface area (TPSA) is 93.2 Å². The number of carbonyl (C=O) groups excluding carboxylic acids is 1. The Labute approximate surface area is 62.1 Å². The first-order valence-electron chi connectivity index (χ1n) is 2.82. The molecule has 0 heterocycles. The highest BCUT2D eigenvalue weighted by Gasteiger charge is 2.27. The van der Waals surface area contributed by atoms with E-state index >= 15 is 0 Å². The summed E-state index contributed by atoms with van der Waals surface area (Å²) in [7, 11) is 0. The number of alkyl halides is 2. The first kappa shape index (κ1) is 10.0. The molecular weight excluding hydrogens is 158 g/mol. The fourth-order valence-electron chi connectivity index (χ4n) is 0.428. The lowest BCUT2D eigenvalue weighted by Crippen LogP contribution is -2.46.